The van der Waals surface area contributed by atoms with Crippen LogP contribution in [0.25, 0.3) is 5.70 Å². The van der Waals surface area contributed by atoms with Crippen LogP contribution in [0, 0.1) is 0 Å². The van der Waals surface area contributed by atoms with Crippen LogP contribution in [0.2, 0.25) is 0 Å². The SMILES string of the molecule is C=C1c2ccccc2C(=O)N1CC(=O)NC(CO)c1ccco1. The summed E-state index contributed by atoms with van der Waals surface area (Å²) in [7, 11) is 0. The molecule has 0 radical (unpaired) electrons. The number of aliphatic hydroxyl groups is 1. The molecule has 0 aliphatic carbocycles. The van der Waals surface area contributed by atoms with Gasteiger partial charge in [0.1, 0.15) is 18.3 Å². The number of nitrogens with zero attached hydrogens (tertiary/aromatic N) is 1. The first-order valence-corrected chi connectivity index (χ1v) is 7.15. The highest BCUT2D eigenvalue weighted by Gasteiger charge is 2.32. The summed E-state index contributed by atoms with van der Waals surface area (Å²) in [4.78, 5) is 25.9. The number of nitrogens with one attached hydrogen (secondary N) is 1. The van der Waals surface area contributed by atoms with Crippen molar-refractivity contribution in [3.05, 3.63) is 66.1 Å². The lowest BCUT2D eigenvalue weighted by molar-refractivity contribution is -0.122. The molecule has 0 bridgehead atoms. The topological polar surface area (TPSA) is 82.8 Å². The molecule has 1 unspecified atom stereocenters. The average molecular weight is 312 g/mol. The zero-order valence-electron chi connectivity index (χ0n) is 12.4. The first kappa shape index (κ1) is 15.1. The van der Waals surface area contributed by atoms with E-state index in [1.165, 1.54) is 11.2 Å². The van der Waals surface area contributed by atoms with Crippen LogP contribution in [0.4, 0.5) is 0 Å². The van der Waals surface area contributed by atoms with E-state index in [4.69, 9.17) is 4.42 Å². The molecule has 1 aliphatic heterocycles. The first-order chi connectivity index (χ1) is 11.1. The van der Waals surface area contributed by atoms with Crippen LogP contribution < -0.4 is 5.32 Å². The molecule has 6 heteroatoms. The van der Waals surface area contributed by atoms with Gasteiger partial charge < -0.3 is 14.8 Å². The number of hydrogen-bond acceptors (Lipinski definition) is 4. The number of hydrogen-bond donors (Lipinski definition) is 2. The van der Waals surface area contributed by atoms with E-state index in [2.05, 4.69) is 11.9 Å². The van der Waals surface area contributed by atoms with E-state index < -0.39 is 11.9 Å². The minimum absolute atomic E-state index is 0.163. The van der Waals surface area contributed by atoms with E-state index in [-0.39, 0.29) is 19.1 Å². The lowest BCUT2D eigenvalue weighted by atomic mass is 10.1. The molecule has 0 saturated heterocycles. The van der Waals surface area contributed by atoms with Gasteiger partial charge in [0.15, 0.2) is 0 Å². The summed E-state index contributed by atoms with van der Waals surface area (Å²) in [5, 5.41) is 12.0. The molecule has 2 amide bonds. The van der Waals surface area contributed by atoms with Gasteiger partial charge >= 0.3 is 0 Å². The molecular formula is C17H16N2O4. The summed E-state index contributed by atoms with van der Waals surface area (Å²) in [6.07, 6.45) is 1.46. The van der Waals surface area contributed by atoms with E-state index in [0.717, 1.165) is 5.56 Å². The highest BCUT2D eigenvalue weighted by atomic mass is 16.3. The number of benzene rings is 1. The van der Waals surface area contributed by atoms with Crippen molar-refractivity contribution in [2.45, 2.75) is 6.04 Å². The molecule has 118 valence electrons. The fourth-order valence-corrected chi connectivity index (χ4v) is 2.58. The molecule has 0 saturated carbocycles. The molecule has 2 N–H and O–H groups in total. The standard InChI is InChI=1S/C17H16N2O4/c1-11-12-5-2-3-6-13(12)17(22)19(11)9-16(21)18-14(10-20)15-7-4-8-23-15/h2-8,14,20H,1,9-10H2,(H,18,21). The quantitative estimate of drug-likeness (QED) is 0.877. The molecule has 1 aromatic heterocycles. The summed E-state index contributed by atoms with van der Waals surface area (Å²) in [6, 6.07) is 9.79. The van der Waals surface area contributed by atoms with Gasteiger partial charge in [-0.05, 0) is 18.2 Å². The number of rotatable bonds is 5. The van der Waals surface area contributed by atoms with Gasteiger partial charge in [-0.15, -0.1) is 0 Å². The molecular weight excluding hydrogens is 296 g/mol. The predicted molar refractivity (Wildman–Crippen MR) is 83.2 cm³/mol. The minimum atomic E-state index is -0.647. The Morgan fingerprint density at radius 3 is 2.61 bits per heavy atom. The van der Waals surface area contributed by atoms with Gasteiger partial charge in [0.2, 0.25) is 5.91 Å². The molecule has 2 aromatic rings. The van der Waals surface area contributed by atoms with Gasteiger partial charge in [-0.1, -0.05) is 24.8 Å². The molecule has 1 aliphatic rings. The van der Waals surface area contributed by atoms with Crippen LogP contribution in [-0.2, 0) is 4.79 Å². The second-order valence-electron chi connectivity index (χ2n) is 5.20. The van der Waals surface area contributed by atoms with Crippen molar-refractivity contribution < 1.29 is 19.1 Å². The Morgan fingerprint density at radius 2 is 2.00 bits per heavy atom. The number of fused-ring (bicyclic) bond motifs is 1. The molecule has 1 aromatic carbocycles. The largest absolute Gasteiger partial charge is 0.467 e. The molecule has 2 heterocycles. The molecule has 0 fully saturated rings. The lowest BCUT2D eigenvalue weighted by Gasteiger charge is -2.19. The van der Waals surface area contributed by atoms with Crippen LogP contribution in [0.5, 0.6) is 0 Å². The van der Waals surface area contributed by atoms with Crippen molar-refractivity contribution in [3.63, 3.8) is 0 Å². The monoisotopic (exact) mass is 312 g/mol. The fourth-order valence-electron chi connectivity index (χ4n) is 2.58. The van der Waals surface area contributed by atoms with Crippen molar-refractivity contribution in [3.8, 4) is 0 Å². The summed E-state index contributed by atoms with van der Waals surface area (Å²) >= 11 is 0. The van der Waals surface area contributed by atoms with Gasteiger partial charge in [-0.2, -0.15) is 0 Å². The molecule has 0 spiro atoms. The maximum atomic E-state index is 12.3. The zero-order valence-corrected chi connectivity index (χ0v) is 12.4. The lowest BCUT2D eigenvalue weighted by Crippen LogP contribution is -2.39. The van der Waals surface area contributed by atoms with Crippen LogP contribution in [0.15, 0.2) is 53.7 Å². The maximum Gasteiger partial charge on any atom is 0.259 e. The molecule has 3 rings (SSSR count). The van der Waals surface area contributed by atoms with Gasteiger partial charge in [-0.25, -0.2) is 0 Å². The molecule has 1 atom stereocenters. The van der Waals surface area contributed by atoms with E-state index in [1.54, 1.807) is 30.3 Å². The van der Waals surface area contributed by atoms with E-state index in [1.807, 2.05) is 6.07 Å². The van der Waals surface area contributed by atoms with Gasteiger partial charge in [0.25, 0.3) is 5.91 Å². The Bertz CT molecular complexity index is 717. The third-order valence-electron chi connectivity index (χ3n) is 3.75. The zero-order chi connectivity index (χ0) is 16.4. The number of furan rings is 1. The van der Waals surface area contributed by atoms with Crippen LogP contribution in [0.1, 0.15) is 27.7 Å². The number of carbonyl (C=O) groups excluding carboxylic acids is 2. The Kier molecular flexibility index (Phi) is 3.99. The van der Waals surface area contributed by atoms with E-state index >= 15 is 0 Å². The minimum Gasteiger partial charge on any atom is -0.467 e. The molecule has 23 heavy (non-hydrogen) atoms. The summed E-state index contributed by atoms with van der Waals surface area (Å²) in [6.45, 7) is 3.43. The number of carbonyl (C=O) groups is 2. The summed E-state index contributed by atoms with van der Waals surface area (Å²) < 4.78 is 5.18. The summed E-state index contributed by atoms with van der Waals surface area (Å²) in [5.41, 5.74) is 1.77. The Hall–Kier alpha value is -2.86. The van der Waals surface area contributed by atoms with Crippen molar-refractivity contribution in [1.82, 2.24) is 10.2 Å². The normalized spacial score (nSPS) is 14.7. The second kappa shape index (κ2) is 6.10. The smallest absolute Gasteiger partial charge is 0.259 e. The Morgan fingerprint density at radius 1 is 1.26 bits per heavy atom. The first-order valence-electron chi connectivity index (χ1n) is 7.15. The van der Waals surface area contributed by atoms with Crippen molar-refractivity contribution in [2.75, 3.05) is 13.2 Å². The Labute approximate surface area is 133 Å². The van der Waals surface area contributed by atoms with Crippen LogP contribution in [0.3, 0.4) is 0 Å². The average Bonchev–Trinajstić information content (AvgIpc) is 3.17. The van der Waals surface area contributed by atoms with Gasteiger partial charge in [0, 0.05) is 16.8 Å². The summed E-state index contributed by atoms with van der Waals surface area (Å²) in [5.74, 6) is -0.197. The maximum absolute atomic E-state index is 12.3. The van der Waals surface area contributed by atoms with E-state index in [0.29, 0.717) is 17.0 Å². The van der Waals surface area contributed by atoms with Crippen molar-refractivity contribution in [1.29, 1.82) is 0 Å². The second-order valence-corrected chi connectivity index (χ2v) is 5.20. The fraction of sp³-hybridized carbons (Fsp3) is 0.176. The predicted octanol–water partition coefficient (Wildman–Crippen LogP) is 1.56. The van der Waals surface area contributed by atoms with Gasteiger partial charge in [-0.3, -0.25) is 14.5 Å². The van der Waals surface area contributed by atoms with Crippen LogP contribution in [-0.4, -0.2) is 35.0 Å². The van der Waals surface area contributed by atoms with Crippen LogP contribution >= 0.6 is 0 Å². The molecule has 6 nitrogen and oxygen atoms in total. The number of amides is 2. The third kappa shape index (κ3) is 2.76. The highest BCUT2D eigenvalue weighted by Crippen LogP contribution is 2.30. The highest BCUT2D eigenvalue weighted by molar-refractivity contribution is 6.10. The Balaban J connectivity index is 1.69. The number of aliphatic hydroxyl groups excluding tert-OH is 1. The van der Waals surface area contributed by atoms with E-state index in [9.17, 15) is 14.7 Å². The van der Waals surface area contributed by atoms with Gasteiger partial charge in [0.05, 0.1) is 12.9 Å². The van der Waals surface area contributed by atoms with Crippen molar-refractivity contribution in [2.24, 2.45) is 0 Å². The third-order valence-corrected chi connectivity index (χ3v) is 3.75. The van der Waals surface area contributed by atoms with Crippen molar-refractivity contribution >= 4 is 17.5 Å².